The summed E-state index contributed by atoms with van der Waals surface area (Å²) in [5.74, 6) is -0.277. The molecule has 1 fully saturated rings. The van der Waals surface area contributed by atoms with Crippen LogP contribution in [0.5, 0.6) is 0 Å². The molecule has 25 heavy (non-hydrogen) atoms. The highest BCUT2D eigenvalue weighted by Gasteiger charge is 2.28. The number of nitrogens with zero attached hydrogens (tertiary/aromatic N) is 1. The Balaban J connectivity index is 1.86. The Labute approximate surface area is 148 Å². The quantitative estimate of drug-likeness (QED) is 0.768. The van der Waals surface area contributed by atoms with Crippen LogP contribution in [0.1, 0.15) is 36.2 Å². The zero-order valence-corrected chi connectivity index (χ0v) is 14.7. The van der Waals surface area contributed by atoms with Crippen LogP contribution in [-0.2, 0) is 16.1 Å². The molecule has 134 valence electrons. The van der Waals surface area contributed by atoms with Crippen molar-refractivity contribution in [3.8, 4) is 0 Å². The summed E-state index contributed by atoms with van der Waals surface area (Å²) in [7, 11) is 0. The third kappa shape index (κ3) is 5.17. The van der Waals surface area contributed by atoms with Gasteiger partial charge in [0.2, 0.25) is 11.8 Å². The summed E-state index contributed by atoms with van der Waals surface area (Å²) < 4.78 is 0. The third-order valence-corrected chi connectivity index (χ3v) is 4.20. The fourth-order valence-electron chi connectivity index (χ4n) is 2.75. The summed E-state index contributed by atoms with van der Waals surface area (Å²) in [5.41, 5.74) is 1.47. The zero-order valence-electron chi connectivity index (χ0n) is 14.7. The van der Waals surface area contributed by atoms with Crippen LogP contribution >= 0.6 is 0 Å². The standard InChI is InChI=1S/C19H25N3O3/c1-4-17(23)20-11-14-5-7-15(8-6-14)18(24)21-16-9-10-22(12-16)19(25)13(2)3/h4-8,13,16H,1,9-12H2,2-3H3,(H,20,23)(H,21,24). The van der Waals surface area contributed by atoms with E-state index in [1.54, 1.807) is 17.0 Å². The molecule has 1 aromatic rings. The van der Waals surface area contributed by atoms with Gasteiger partial charge in [-0.2, -0.15) is 0 Å². The van der Waals surface area contributed by atoms with Gasteiger partial charge in [-0.1, -0.05) is 32.6 Å². The summed E-state index contributed by atoms with van der Waals surface area (Å²) in [6.45, 7) is 8.80. The van der Waals surface area contributed by atoms with E-state index in [2.05, 4.69) is 17.2 Å². The maximum absolute atomic E-state index is 12.3. The van der Waals surface area contributed by atoms with Crippen LogP contribution in [0.2, 0.25) is 0 Å². The Morgan fingerprint density at radius 1 is 1.28 bits per heavy atom. The van der Waals surface area contributed by atoms with Gasteiger partial charge in [-0.05, 0) is 30.2 Å². The Bertz CT molecular complexity index is 652. The van der Waals surface area contributed by atoms with Gasteiger partial charge in [-0.3, -0.25) is 14.4 Å². The van der Waals surface area contributed by atoms with Crippen LogP contribution < -0.4 is 10.6 Å². The van der Waals surface area contributed by atoms with Crippen molar-refractivity contribution in [2.45, 2.75) is 32.9 Å². The lowest BCUT2D eigenvalue weighted by Crippen LogP contribution is -2.39. The molecule has 0 aliphatic carbocycles. The second-order valence-electron chi connectivity index (χ2n) is 6.52. The van der Waals surface area contributed by atoms with Crippen molar-refractivity contribution in [3.63, 3.8) is 0 Å². The summed E-state index contributed by atoms with van der Waals surface area (Å²) in [5, 5.41) is 5.67. The molecule has 1 aliphatic heterocycles. The van der Waals surface area contributed by atoms with Crippen LogP contribution in [0, 0.1) is 5.92 Å². The minimum Gasteiger partial charge on any atom is -0.348 e. The largest absolute Gasteiger partial charge is 0.348 e. The number of hydrogen-bond donors (Lipinski definition) is 2. The Morgan fingerprint density at radius 2 is 1.96 bits per heavy atom. The molecular formula is C19H25N3O3. The van der Waals surface area contributed by atoms with Gasteiger partial charge in [0.15, 0.2) is 0 Å². The van der Waals surface area contributed by atoms with Crippen LogP contribution in [0.4, 0.5) is 0 Å². The molecule has 1 saturated heterocycles. The first-order valence-corrected chi connectivity index (χ1v) is 8.49. The number of rotatable bonds is 6. The van der Waals surface area contributed by atoms with Gasteiger partial charge >= 0.3 is 0 Å². The van der Waals surface area contributed by atoms with Crippen LogP contribution in [-0.4, -0.2) is 41.8 Å². The molecule has 6 heteroatoms. The summed E-state index contributed by atoms with van der Waals surface area (Å²) in [6, 6.07) is 7.07. The Morgan fingerprint density at radius 3 is 2.56 bits per heavy atom. The molecule has 0 saturated carbocycles. The second-order valence-corrected chi connectivity index (χ2v) is 6.52. The highest BCUT2D eigenvalue weighted by atomic mass is 16.2. The summed E-state index contributed by atoms with van der Waals surface area (Å²) >= 11 is 0. The van der Waals surface area contributed by atoms with Crippen molar-refractivity contribution in [1.82, 2.24) is 15.5 Å². The maximum Gasteiger partial charge on any atom is 0.251 e. The fourth-order valence-corrected chi connectivity index (χ4v) is 2.75. The van der Waals surface area contributed by atoms with Gasteiger partial charge in [0, 0.05) is 37.2 Å². The van der Waals surface area contributed by atoms with Gasteiger partial charge in [0.25, 0.3) is 5.91 Å². The number of amides is 3. The smallest absolute Gasteiger partial charge is 0.251 e. The first-order valence-electron chi connectivity index (χ1n) is 8.49. The predicted molar refractivity (Wildman–Crippen MR) is 95.8 cm³/mol. The number of benzene rings is 1. The third-order valence-electron chi connectivity index (χ3n) is 4.20. The Hall–Kier alpha value is -2.63. The fraction of sp³-hybridized carbons (Fsp3) is 0.421. The van der Waals surface area contributed by atoms with Crippen LogP contribution in [0.25, 0.3) is 0 Å². The van der Waals surface area contributed by atoms with E-state index in [1.807, 2.05) is 26.0 Å². The topological polar surface area (TPSA) is 78.5 Å². The lowest BCUT2D eigenvalue weighted by Gasteiger charge is -2.19. The Kier molecular flexibility index (Phi) is 6.33. The van der Waals surface area contributed by atoms with Gasteiger partial charge in [-0.15, -0.1) is 0 Å². The molecule has 1 aromatic carbocycles. The maximum atomic E-state index is 12.3. The molecule has 1 unspecified atom stereocenters. The van der Waals surface area contributed by atoms with Gasteiger partial charge in [0.05, 0.1) is 0 Å². The van der Waals surface area contributed by atoms with E-state index in [4.69, 9.17) is 0 Å². The average molecular weight is 343 g/mol. The van der Waals surface area contributed by atoms with E-state index >= 15 is 0 Å². The highest BCUT2D eigenvalue weighted by Crippen LogP contribution is 2.14. The average Bonchev–Trinajstić information content (AvgIpc) is 3.07. The van der Waals surface area contributed by atoms with E-state index in [-0.39, 0.29) is 29.7 Å². The van der Waals surface area contributed by atoms with Crippen LogP contribution in [0.15, 0.2) is 36.9 Å². The zero-order chi connectivity index (χ0) is 18.4. The first-order chi connectivity index (χ1) is 11.9. The molecule has 2 rings (SSSR count). The minimum absolute atomic E-state index is 0.0123. The molecule has 0 aromatic heterocycles. The first kappa shape index (κ1) is 18.7. The van der Waals surface area contributed by atoms with E-state index in [9.17, 15) is 14.4 Å². The highest BCUT2D eigenvalue weighted by molar-refractivity contribution is 5.94. The second kappa shape index (κ2) is 8.46. The monoisotopic (exact) mass is 343 g/mol. The van der Waals surface area contributed by atoms with Crippen molar-refractivity contribution >= 4 is 17.7 Å². The molecule has 3 amide bonds. The van der Waals surface area contributed by atoms with E-state index in [0.717, 1.165) is 12.0 Å². The predicted octanol–water partition coefficient (Wildman–Crippen LogP) is 1.48. The summed E-state index contributed by atoms with van der Waals surface area (Å²) in [4.78, 5) is 37.3. The molecule has 0 bridgehead atoms. The number of carbonyl (C=O) groups is 3. The molecule has 2 N–H and O–H groups in total. The molecular weight excluding hydrogens is 318 g/mol. The van der Waals surface area contributed by atoms with Crippen molar-refractivity contribution in [3.05, 3.63) is 48.0 Å². The lowest BCUT2D eigenvalue weighted by molar-refractivity contribution is -0.133. The number of hydrogen-bond acceptors (Lipinski definition) is 3. The number of nitrogens with one attached hydrogen (secondary N) is 2. The van der Waals surface area contributed by atoms with Crippen molar-refractivity contribution in [1.29, 1.82) is 0 Å². The van der Waals surface area contributed by atoms with E-state index in [1.165, 1.54) is 6.08 Å². The van der Waals surface area contributed by atoms with Crippen molar-refractivity contribution < 1.29 is 14.4 Å². The lowest BCUT2D eigenvalue weighted by atomic mass is 10.1. The SMILES string of the molecule is C=CC(=O)NCc1ccc(C(=O)NC2CCN(C(=O)C(C)C)C2)cc1. The van der Waals surface area contributed by atoms with E-state index in [0.29, 0.717) is 25.2 Å². The number of likely N-dealkylation sites (tertiary alicyclic amines) is 1. The molecule has 6 nitrogen and oxygen atoms in total. The minimum atomic E-state index is -0.233. The van der Waals surface area contributed by atoms with Crippen molar-refractivity contribution in [2.75, 3.05) is 13.1 Å². The van der Waals surface area contributed by atoms with Crippen LogP contribution in [0.3, 0.4) is 0 Å². The van der Waals surface area contributed by atoms with Gasteiger partial charge in [-0.25, -0.2) is 0 Å². The van der Waals surface area contributed by atoms with Gasteiger partial charge in [0.1, 0.15) is 0 Å². The van der Waals surface area contributed by atoms with Crippen molar-refractivity contribution in [2.24, 2.45) is 5.92 Å². The molecule has 0 spiro atoms. The normalized spacial score (nSPS) is 16.6. The molecule has 1 atom stereocenters. The summed E-state index contributed by atoms with van der Waals surface area (Å²) in [6.07, 6.45) is 1.99. The molecule has 1 heterocycles. The molecule has 0 radical (unpaired) electrons. The van der Waals surface area contributed by atoms with Gasteiger partial charge < -0.3 is 15.5 Å². The van der Waals surface area contributed by atoms with E-state index < -0.39 is 0 Å². The number of carbonyl (C=O) groups excluding carboxylic acids is 3. The molecule has 1 aliphatic rings.